The first kappa shape index (κ1) is 21.4. The number of benzene rings is 1. The molecule has 0 aromatic heterocycles. The molecule has 0 spiro atoms. The lowest BCUT2D eigenvalue weighted by molar-refractivity contribution is 0.156. The third kappa shape index (κ3) is 6.10. The molecule has 0 amide bonds. The summed E-state index contributed by atoms with van der Waals surface area (Å²) >= 11 is 0. The predicted octanol–water partition coefficient (Wildman–Crippen LogP) is 7.93. The molecule has 1 aromatic rings. The Morgan fingerprint density at radius 3 is 2.18 bits per heavy atom. The minimum Gasteiger partial charge on any atom is -0.207 e. The molecule has 0 heterocycles. The van der Waals surface area contributed by atoms with Crippen LogP contribution in [0, 0.1) is 41.3 Å². The Hall–Kier alpha value is -1.29. The highest BCUT2D eigenvalue weighted by atomic mass is 19.1. The summed E-state index contributed by atoms with van der Waals surface area (Å²) in [6.07, 6.45) is 16.7. The van der Waals surface area contributed by atoms with Gasteiger partial charge in [-0.15, -0.1) is 0 Å². The molecule has 1 heteroatoms. The summed E-state index contributed by atoms with van der Waals surface area (Å²) in [4.78, 5) is 0. The lowest BCUT2D eigenvalue weighted by Gasteiger charge is -2.36. The average Bonchev–Trinajstić information content (AvgIpc) is 2.74. The first-order valence-electron chi connectivity index (χ1n) is 12.0. The fraction of sp³-hybridized carbons (Fsp3) is 0.704. The van der Waals surface area contributed by atoms with E-state index in [2.05, 4.69) is 25.7 Å². The topological polar surface area (TPSA) is 0 Å². The number of aryl methyl sites for hydroxylation is 1. The molecule has 2 aliphatic rings. The molecule has 154 valence electrons. The molecule has 0 bridgehead atoms. The smallest absolute Gasteiger partial charge is 0.127 e. The predicted molar refractivity (Wildman–Crippen MR) is 118 cm³/mol. The van der Waals surface area contributed by atoms with Crippen LogP contribution < -0.4 is 0 Å². The second-order valence-corrected chi connectivity index (χ2v) is 9.33. The summed E-state index contributed by atoms with van der Waals surface area (Å²) in [5.41, 5.74) is 1.69. The van der Waals surface area contributed by atoms with Crippen molar-refractivity contribution < 1.29 is 4.39 Å². The Kier molecular flexibility index (Phi) is 8.44. The minimum atomic E-state index is -0.0747. The van der Waals surface area contributed by atoms with E-state index in [0.29, 0.717) is 5.92 Å². The standard InChI is InChI=1S/C27H39F/c1-3-5-6-7-26-19-14-23(20-27(26)28)9-8-22-12-17-25(18-13-22)24-15-10-21(4-2)11-16-24/h14,19-22,24-25H,3-7,10-13,15-18H2,1-2H3. The summed E-state index contributed by atoms with van der Waals surface area (Å²) in [6.45, 7) is 4.53. The van der Waals surface area contributed by atoms with Crippen molar-refractivity contribution in [1.82, 2.24) is 0 Å². The van der Waals surface area contributed by atoms with Gasteiger partial charge in [-0.2, -0.15) is 0 Å². The maximum absolute atomic E-state index is 14.3. The van der Waals surface area contributed by atoms with Crippen molar-refractivity contribution in [2.45, 2.75) is 97.3 Å². The van der Waals surface area contributed by atoms with Crippen molar-refractivity contribution in [3.63, 3.8) is 0 Å². The molecule has 2 fully saturated rings. The van der Waals surface area contributed by atoms with Crippen molar-refractivity contribution in [2.24, 2.45) is 23.7 Å². The van der Waals surface area contributed by atoms with E-state index in [4.69, 9.17) is 0 Å². The molecular formula is C27H39F. The maximum Gasteiger partial charge on any atom is 0.127 e. The molecule has 0 saturated heterocycles. The molecule has 1 aromatic carbocycles. The Bertz CT molecular complexity index is 649. The third-order valence-electron chi connectivity index (χ3n) is 7.43. The van der Waals surface area contributed by atoms with Crippen molar-refractivity contribution in [3.05, 3.63) is 35.1 Å². The molecule has 0 radical (unpaired) electrons. The highest BCUT2D eigenvalue weighted by molar-refractivity contribution is 5.37. The van der Waals surface area contributed by atoms with Crippen LogP contribution in [0.3, 0.4) is 0 Å². The quantitative estimate of drug-likeness (QED) is 0.346. The fourth-order valence-electron chi connectivity index (χ4n) is 5.38. The molecule has 0 N–H and O–H groups in total. The Morgan fingerprint density at radius 1 is 0.893 bits per heavy atom. The summed E-state index contributed by atoms with van der Waals surface area (Å²) in [5.74, 6) is 10.1. The van der Waals surface area contributed by atoms with Crippen LogP contribution in [0.2, 0.25) is 0 Å². The largest absolute Gasteiger partial charge is 0.207 e. The molecule has 0 atom stereocenters. The van der Waals surface area contributed by atoms with Crippen LogP contribution in [0.25, 0.3) is 0 Å². The van der Waals surface area contributed by atoms with Gasteiger partial charge in [-0.25, -0.2) is 4.39 Å². The Balaban J connectivity index is 1.46. The molecule has 2 aliphatic carbocycles. The van der Waals surface area contributed by atoms with Crippen LogP contribution in [0.4, 0.5) is 4.39 Å². The van der Waals surface area contributed by atoms with Crippen LogP contribution in [-0.2, 0) is 6.42 Å². The zero-order chi connectivity index (χ0) is 19.8. The molecule has 0 unspecified atom stereocenters. The summed E-state index contributed by atoms with van der Waals surface area (Å²) in [6, 6.07) is 5.60. The van der Waals surface area contributed by atoms with Crippen LogP contribution in [0.5, 0.6) is 0 Å². The van der Waals surface area contributed by atoms with Gasteiger partial charge in [0.05, 0.1) is 0 Å². The second kappa shape index (κ2) is 11.0. The zero-order valence-electron chi connectivity index (χ0n) is 18.1. The summed E-state index contributed by atoms with van der Waals surface area (Å²) in [5, 5.41) is 0. The Morgan fingerprint density at radius 2 is 1.57 bits per heavy atom. The molecular weight excluding hydrogens is 343 g/mol. The SMILES string of the molecule is CCCCCc1ccc(C#CC2CCC(C3CCC(CC)CC3)CC2)cc1F. The lowest BCUT2D eigenvalue weighted by atomic mass is 9.69. The molecule has 0 nitrogen and oxygen atoms in total. The van der Waals surface area contributed by atoms with Crippen molar-refractivity contribution in [2.75, 3.05) is 0 Å². The number of halogens is 1. The van der Waals surface area contributed by atoms with Gasteiger partial charge in [0.25, 0.3) is 0 Å². The first-order valence-corrected chi connectivity index (χ1v) is 12.0. The van der Waals surface area contributed by atoms with Crippen molar-refractivity contribution in [3.8, 4) is 11.8 Å². The van der Waals surface area contributed by atoms with E-state index in [1.165, 1.54) is 70.6 Å². The van der Waals surface area contributed by atoms with E-state index in [1.54, 1.807) is 6.07 Å². The number of rotatable bonds is 6. The van der Waals surface area contributed by atoms with Gasteiger partial charge in [0, 0.05) is 11.5 Å². The van der Waals surface area contributed by atoms with Gasteiger partial charge >= 0.3 is 0 Å². The highest BCUT2D eigenvalue weighted by Crippen LogP contribution is 2.41. The zero-order valence-corrected chi connectivity index (χ0v) is 18.1. The van der Waals surface area contributed by atoms with Gasteiger partial charge in [0.15, 0.2) is 0 Å². The highest BCUT2D eigenvalue weighted by Gasteiger charge is 2.29. The van der Waals surface area contributed by atoms with Crippen molar-refractivity contribution in [1.29, 1.82) is 0 Å². The summed E-state index contributed by atoms with van der Waals surface area (Å²) < 4.78 is 14.3. The van der Waals surface area contributed by atoms with Crippen molar-refractivity contribution >= 4 is 0 Å². The van der Waals surface area contributed by atoms with Crippen LogP contribution >= 0.6 is 0 Å². The lowest BCUT2D eigenvalue weighted by Crippen LogP contribution is -2.25. The number of hydrogen-bond donors (Lipinski definition) is 0. The van der Waals surface area contributed by atoms with Gasteiger partial charge in [-0.1, -0.05) is 63.9 Å². The number of hydrogen-bond acceptors (Lipinski definition) is 0. The minimum absolute atomic E-state index is 0.0747. The molecule has 0 aliphatic heterocycles. The summed E-state index contributed by atoms with van der Waals surface area (Å²) in [7, 11) is 0. The van der Waals surface area contributed by atoms with Gasteiger partial charge in [-0.05, 0) is 86.8 Å². The maximum atomic E-state index is 14.3. The monoisotopic (exact) mass is 382 g/mol. The van der Waals surface area contributed by atoms with Gasteiger partial charge in [0.2, 0.25) is 0 Å². The van der Waals surface area contributed by atoms with Crippen LogP contribution in [-0.4, -0.2) is 0 Å². The van der Waals surface area contributed by atoms with Crippen LogP contribution in [0.15, 0.2) is 18.2 Å². The van der Waals surface area contributed by atoms with E-state index >= 15 is 0 Å². The molecule has 3 rings (SSSR count). The normalized spacial score (nSPS) is 27.8. The van der Waals surface area contributed by atoms with Crippen LogP contribution in [0.1, 0.15) is 102 Å². The van der Waals surface area contributed by atoms with E-state index in [0.717, 1.165) is 41.7 Å². The number of unbranched alkanes of at least 4 members (excludes halogenated alkanes) is 2. The van der Waals surface area contributed by atoms with E-state index in [9.17, 15) is 4.39 Å². The van der Waals surface area contributed by atoms with E-state index < -0.39 is 0 Å². The third-order valence-corrected chi connectivity index (χ3v) is 7.43. The second-order valence-electron chi connectivity index (χ2n) is 9.33. The molecule has 28 heavy (non-hydrogen) atoms. The van der Waals surface area contributed by atoms with E-state index in [1.807, 2.05) is 12.1 Å². The van der Waals surface area contributed by atoms with Gasteiger partial charge < -0.3 is 0 Å². The van der Waals surface area contributed by atoms with E-state index in [-0.39, 0.29) is 5.82 Å². The fourth-order valence-corrected chi connectivity index (χ4v) is 5.38. The van der Waals surface area contributed by atoms with Gasteiger partial charge in [0.1, 0.15) is 5.82 Å². The first-order chi connectivity index (χ1) is 13.7. The Labute approximate surface area is 172 Å². The average molecular weight is 383 g/mol. The van der Waals surface area contributed by atoms with Gasteiger partial charge in [-0.3, -0.25) is 0 Å². The molecule has 2 saturated carbocycles.